The lowest BCUT2D eigenvalue weighted by Gasteiger charge is -2.11. The molecule has 0 aliphatic rings. The maximum atomic E-state index is 14.1. The molecular formula is C19H24FN3O2. The van der Waals surface area contributed by atoms with Crippen molar-refractivity contribution in [3.8, 4) is 5.69 Å². The van der Waals surface area contributed by atoms with Crippen molar-refractivity contribution in [2.24, 2.45) is 5.92 Å². The number of hydrogen-bond acceptors (Lipinski definition) is 2. The molecule has 0 unspecified atom stereocenters. The van der Waals surface area contributed by atoms with E-state index in [1.54, 1.807) is 35.8 Å². The highest BCUT2D eigenvalue weighted by atomic mass is 19.1. The molecule has 1 heterocycles. The number of nitrogens with one attached hydrogen (secondary N) is 2. The van der Waals surface area contributed by atoms with Gasteiger partial charge in [0.25, 0.3) is 5.91 Å². The first kappa shape index (κ1) is 18.7. The minimum atomic E-state index is -0.340. The second-order valence-corrected chi connectivity index (χ2v) is 6.27. The van der Waals surface area contributed by atoms with Gasteiger partial charge in [0, 0.05) is 30.4 Å². The van der Waals surface area contributed by atoms with Crippen LogP contribution in [0.15, 0.2) is 30.3 Å². The van der Waals surface area contributed by atoms with Gasteiger partial charge in [-0.3, -0.25) is 9.59 Å². The highest BCUT2D eigenvalue weighted by Crippen LogP contribution is 2.22. The van der Waals surface area contributed by atoms with Crippen LogP contribution >= 0.6 is 0 Å². The summed E-state index contributed by atoms with van der Waals surface area (Å²) in [6, 6.07) is 8.20. The summed E-state index contributed by atoms with van der Waals surface area (Å²) >= 11 is 0. The van der Waals surface area contributed by atoms with Crippen LogP contribution in [0.25, 0.3) is 5.69 Å². The number of halogens is 1. The van der Waals surface area contributed by atoms with Crippen molar-refractivity contribution in [1.29, 1.82) is 0 Å². The second-order valence-electron chi connectivity index (χ2n) is 6.27. The minimum Gasteiger partial charge on any atom is -0.354 e. The third-order valence-electron chi connectivity index (χ3n) is 4.00. The Bertz CT molecular complexity index is 781. The monoisotopic (exact) mass is 345 g/mol. The van der Waals surface area contributed by atoms with Crippen LogP contribution in [0.3, 0.4) is 0 Å². The van der Waals surface area contributed by atoms with E-state index in [1.807, 2.05) is 20.8 Å². The van der Waals surface area contributed by atoms with Crippen LogP contribution in [0.2, 0.25) is 0 Å². The number of benzene rings is 1. The zero-order valence-corrected chi connectivity index (χ0v) is 15.0. The fraction of sp³-hybridized carbons (Fsp3) is 0.368. The van der Waals surface area contributed by atoms with Crippen molar-refractivity contribution in [3.05, 3.63) is 53.1 Å². The SMILES string of the molecule is Cc1cc(C(=O)NCCNC(=O)C(C)C)c(C)n1-c1ccccc1F. The second kappa shape index (κ2) is 7.96. The Morgan fingerprint density at radius 2 is 1.76 bits per heavy atom. The number of rotatable bonds is 6. The van der Waals surface area contributed by atoms with Crippen molar-refractivity contribution in [3.63, 3.8) is 0 Å². The lowest BCUT2D eigenvalue weighted by molar-refractivity contribution is -0.123. The van der Waals surface area contributed by atoms with Gasteiger partial charge in [0.15, 0.2) is 0 Å². The summed E-state index contributed by atoms with van der Waals surface area (Å²) in [5.41, 5.74) is 2.36. The third kappa shape index (κ3) is 4.26. The van der Waals surface area contributed by atoms with Gasteiger partial charge in [-0.2, -0.15) is 0 Å². The Kier molecular flexibility index (Phi) is 5.96. The van der Waals surface area contributed by atoms with Crippen molar-refractivity contribution >= 4 is 11.8 Å². The number of aryl methyl sites for hydroxylation is 1. The van der Waals surface area contributed by atoms with E-state index in [0.29, 0.717) is 30.0 Å². The van der Waals surface area contributed by atoms with Gasteiger partial charge in [0.1, 0.15) is 5.82 Å². The van der Waals surface area contributed by atoms with Crippen LogP contribution < -0.4 is 10.6 Å². The third-order valence-corrected chi connectivity index (χ3v) is 4.00. The molecule has 5 nitrogen and oxygen atoms in total. The van der Waals surface area contributed by atoms with Gasteiger partial charge in [0.2, 0.25) is 5.91 Å². The van der Waals surface area contributed by atoms with Crippen LogP contribution in [0.5, 0.6) is 0 Å². The molecule has 0 fully saturated rings. The summed E-state index contributed by atoms with van der Waals surface area (Å²) in [7, 11) is 0. The summed E-state index contributed by atoms with van der Waals surface area (Å²) in [4.78, 5) is 23.9. The predicted molar refractivity (Wildman–Crippen MR) is 95.4 cm³/mol. The van der Waals surface area contributed by atoms with E-state index in [0.717, 1.165) is 5.69 Å². The van der Waals surface area contributed by atoms with Crippen LogP contribution in [0.1, 0.15) is 35.6 Å². The number of amides is 2. The van der Waals surface area contributed by atoms with Gasteiger partial charge < -0.3 is 15.2 Å². The zero-order valence-electron chi connectivity index (χ0n) is 15.0. The number of carbonyl (C=O) groups is 2. The van der Waals surface area contributed by atoms with E-state index in [9.17, 15) is 14.0 Å². The quantitative estimate of drug-likeness (QED) is 0.791. The van der Waals surface area contributed by atoms with Gasteiger partial charge in [0.05, 0.1) is 11.3 Å². The first-order valence-electron chi connectivity index (χ1n) is 8.32. The molecule has 0 spiro atoms. The highest BCUT2D eigenvalue weighted by Gasteiger charge is 2.18. The lowest BCUT2D eigenvalue weighted by Crippen LogP contribution is -2.36. The molecule has 0 bridgehead atoms. The van der Waals surface area contributed by atoms with Crippen LogP contribution in [0.4, 0.5) is 4.39 Å². The van der Waals surface area contributed by atoms with Gasteiger partial charge in [-0.15, -0.1) is 0 Å². The Hall–Kier alpha value is -2.63. The smallest absolute Gasteiger partial charge is 0.253 e. The van der Waals surface area contributed by atoms with E-state index in [-0.39, 0.29) is 23.5 Å². The first-order chi connectivity index (χ1) is 11.8. The number of para-hydroxylation sites is 1. The van der Waals surface area contributed by atoms with E-state index in [4.69, 9.17) is 0 Å². The summed E-state index contributed by atoms with van der Waals surface area (Å²) in [6.45, 7) is 7.94. The van der Waals surface area contributed by atoms with Crippen LogP contribution in [-0.2, 0) is 4.79 Å². The molecule has 6 heteroatoms. The van der Waals surface area contributed by atoms with E-state index >= 15 is 0 Å². The number of hydrogen-bond donors (Lipinski definition) is 2. The minimum absolute atomic E-state index is 0.0491. The molecule has 0 saturated heterocycles. The molecule has 25 heavy (non-hydrogen) atoms. The molecule has 1 aromatic heterocycles. The number of carbonyl (C=O) groups excluding carboxylic acids is 2. The lowest BCUT2D eigenvalue weighted by atomic mass is 10.2. The standard InChI is InChI=1S/C19H24FN3O2/c1-12(2)18(24)21-9-10-22-19(25)15-11-13(3)23(14(15)4)17-8-6-5-7-16(17)20/h5-8,11-12H,9-10H2,1-4H3,(H,21,24)(H,22,25). The van der Waals surface area contributed by atoms with Crippen LogP contribution in [0, 0.1) is 25.6 Å². The highest BCUT2D eigenvalue weighted by molar-refractivity contribution is 5.96. The first-order valence-corrected chi connectivity index (χ1v) is 8.32. The Labute approximate surface area is 147 Å². The maximum Gasteiger partial charge on any atom is 0.253 e. The van der Waals surface area contributed by atoms with Gasteiger partial charge in [-0.25, -0.2) is 4.39 Å². The molecule has 2 rings (SSSR count). The molecule has 134 valence electrons. The van der Waals surface area contributed by atoms with Crippen molar-refractivity contribution < 1.29 is 14.0 Å². The summed E-state index contributed by atoms with van der Waals surface area (Å²) in [5, 5.41) is 5.52. The topological polar surface area (TPSA) is 63.1 Å². The average molecular weight is 345 g/mol. The molecule has 0 atom stereocenters. The van der Waals surface area contributed by atoms with Gasteiger partial charge >= 0.3 is 0 Å². The molecule has 0 radical (unpaired) electrons. The van der Waals surface area contributed by atoms with Gasteiger partial charge in [-0.1, -0.05) is 26.0 Å². The normalized spacial score (nSPS) is 10.8. The molecule has 1 aromatic carbocycles. The van der Waals surface area contributed by atoms with E-state index < -0.39 is 0 Å². The largest absolute Gasteiger partial charge is 0.354 e. The maximum absolute atomic E-state index is 14.1. The fourth-order valence-corrected chi connectivity index (χ4v) is 2.66. The molecule has 0 saturated carbocycles. The molecule has 2 aromatic rings. The Balaban J connectivity index is 2.08. The zero-order chi connectivity index (χ0) is 18.6. The summed E-state index contributed by atoms with van der Waals surface area (Å²) < 4.78 is 15.8. The molecule has 0 aliphatic carbocycles. The predicted octanol–water partition coefficient (Wildman–Crippen LogP) is 2.74. The number of nitrogens with zero attached hydrogens (tertiary/aromatic N) is 1. The van der Waals surface area contributed by atoms with E-state index in [1.165, 1.54) is 6.07 Å². The van der Waals surface area contributed by atoms with E-state index in [2.05, 4.69) is 10.6 Å². The van der Waals surface area contributed by atoms with Crippen LogP contribution in [-0.4, -0.2) is 29.5 Å². The fourth-order valence-electron chi connectivity index (χ4n) is 2.66. The van der Waals surface area contributed by atoms with Crippen molar-refractivity contribution in [2.45, 2.75) is 27.7 Å². The molecular weight excluding hydrogens is 321 g/mol. The van der Waals surface area contributed by atoms with Crippen molar-refractivity contribution in [1.82, 2.24) is 15.2 Å². The number of aromatic nitrogens is 1. The molecule has 2 N–H and O–H groups in total. The Morgan fingerprint density at radius 1 is 1.12 bits per heavy atom. The van der Waals surface area contributed by atoms with Crippen molar-refractivity contribution in [2.75, 3.05) is 13.1 Å². The van der Waals surface area contributed by atoms with Gasteiger partial charge in [-0.05, 0) is 32.0 Å². The molecule has 0 aliphatic heterocycles. The average Bonchev–Trinajstić information content (AvgIpc) is 2.86. The Morgan fingerprint density at radius 3 is 2.40 bits per heavy atom. The molecule has 2 amide bonds. The summed E-state index contributed by atoms with van der Waals surface area (Å²) in [5.74, 6) is -0.718. The summed E-state index contributed by atoms with van der Waals surface area (Å²) in [6.07, 6.45) is 0.